The van der Waals surface area contributed by atoms with Gasteiger partial charge in [0, 0.05) is 13.1 Å². The van der Waals surface area contributed by atoms with Gasteiger partial charge in [0.2, 0.25) is 0 Å². The van der Waals surface area contributed by atoms with Crippen LogP contribution in [0.3, 0.4) is 0 Å². The molecule has 1 heterocycles. The van der Waals surface area contributed by atoms with Crippen molar-refractivity contribution in [3.05, 3.63) is 23.8 Å². The van der Waals surface area contributed by atoms with Crippen molar-refractivity contribution in [1.29, 1.82) is 0 Å². The van der Waals surface area contributed by atoms with E-state index in [2.05, 4.69) is 4.90 Å². The molecule has 2 fully saturated rings. The van der Waals surface area contributed by atoms with Crippen molar-refractivity contribution in [2.24, 2.45) is 11.8 Å². The van der Waals surface area contributed by atoms with Crippen LogP contribution in [0.25, 0.3) is 0 Å². The number of hydrogen-bond acceptors (Lipinski definition) is 4. The van der Waals surface area contributed by atoms with Crippen LogP contribution in [-0.4, -0.2) is 26.2 Å². The fraction of sp³-hybridized carbons (Fsp3) is 0.533. The minimum absolute atomic E-state index is 0.337. The molecule has 0 spiro atoms. The number of nitrogen functional groups attached to an aromatic ring is 1. The number of ether oxygens (including phenoxy) is 1. The molecule has 1 aromatic rings. The molecule has 19 heavy (non-hydrogen) atoms. The first-order valence-corrected chi connectivity index (χ1v) is 6.92. The van der Waals surface area contributed by atoms with Crippen LogP contribution in [0.2, 0.25) is 0 Å². The summed E-state index contributed by atoms with van der Waals surface area (Å²) in [5.74, 6) is 1.33. The van der Waals surface area contributed by atoms with E-state index in [1.165, 1.54) is 26.4 Å². The largest absolute Gasteiger partial charge is 0.465 e. The maximum absolute atomic E-state index is 11.5. The number of fused-ring (bicyclic) bond motifs is 1. The van der Waals surface area contributed by atoms with Gasteiger partial charge in [0.25, 0.3) is 0 Å². The molecule has 102 valence electrons. The molecule has 3 rings (SSSR count). The van der Waals surface area contributed by atoms with E-state index < -0.39 is 0 Å². The quantitative estimate of drug-likeness (QED) is 0.655. The van der Waals surface area contributed by atoms with Gasteiger partial charge in [-0.3, -0.25) is 0 Å². The Labute approximate surface area is 113 Å². The van der Waals surface area contributed by atoms with Gasteiger partial charge in [-0.2, -0.15) is 0 Å². The van der Waals surface area contributed by atoms with Crippen LogP contribution < -0.4 is 10.6 Å². The van der Waals surface area contributed by atoms with Gasteiger partial charge in [-0.05, 0) is 42.9 Å². The lowest BCUT2D eigenvalue weighted by molar-refractivity contribution is 0.0601. The molecule has 2 atom stereocenters. The molecule has 1 saturated carbocycles. The Bertz CT molecular complexity index is 489. The molecule has 1 aliphatic carbocycles. The van der Waals surface area contributed by atoms with Crippen molar-refractivity contribution >= 4 is 17.3 Å². The number of nitrogens with two attached hydrogens (primary N) is 1. The van der Waals surface area contributed by atoms with Crippen LogP contribution in [-0.2, 0) is 4.74 Å². The second-order valence-corrected chi connectivity index (χ2v) is 5.62. The summed E-state index contributed by atoms with van der Waals surface area (Å²) in [6, 6.07) is 5.46. The molecule has 4 heteroatoms. The fourth-order valence-electron chi connectivity index (χ4n) is 3.52. The number of anilines is 2. The Balaban J connectivity index is 1.80. The third-order valence-corrected chi connectivity index (χ3v) is 4.52. The Morgan fingerprint density at radius 2 is 2.00 bits per heavy atom. The van der Waals surface area contributed by atoms with E-state index in [4.69, 9.17) is 10.5 Å². The van der Waals surface area contributed by atoms with Crippen molar-refractivity contribution in [1.82, 2.24) is 0 Å². The third kappa shape index (κ3) is 2.15. The number of hydrogen-bond donors (Lipinski definition) is 1. The minimum Gasteiger partial charge on any atom is -0.465 e. The topological polar surface area (TPSA) is 55.6 Å². The van der Waals surface area contributed by atoms with Gasteiger partial charge in [-0.1, -0.05) is 6.42 Å². The highest BCUT2D eigenvalue weighted by atomic mass is 16.5. The Hall–Kier alpha value is -1.71. The smallest absolute Gasteiger partial charge is 0.337 e. The number of methoxy groups -OCH3 is 1. The van der Waals surface area contributed by atoms with Gasteiger partial charge in [-0.15, -0.1) is 0 Å². The highest BCUT2D eigenvalue weighted by Crippen LogP contribution is 2.40. The molecule has 0 aromatic heterocycles. The molecule has 2 aliphatic rings. The lowest BCUT2D eigenvalue weighted by atomic mass is 10.0. The molecular weight excluding hydrogens is 240 g/mol. The van der Waals surface area contributed by atoms with Crippen LogP contribution >= 0.6 is 0 Å². The lowest BCUT2D eigenvalue weighted by Crippen LogP contribution is -2.22. The number of benzene rings is 1. The number of nitrogens with zero attached hydrogens (tertiary/aromatic N) is 1. The first-order valence-electron chi connectivity index (χ1n) is 6.92. The van der Waals surface area contributed by atoms with Crippen molar-refractivity contribution < 1.29 is 9.53 Å². The minimum atomic E-state index is -0.337. The fourth-order valence-corrected chi connectivity index (χ4v) is 3.52. The summed E-state index contributed by atoms with van der Waals surface area (Å²) in [5, 5.41) is 0. The normalized spacial score (nSPS) is 25.4. The zero-order valence-corrected chi connectivity index (χ0v) is 11.3. The van der Waals surface area contributed by atoms with E-state index in [0.29, 0.717) is 11.3 Å². The van der Waals surface area contributed by atoms with Crippen LogP contribution in [0, 0.1) is 11.8 Å². The molecule has 0 bridgehead atoms. The van der Waals surface area contributed by atoms with E-state index in [-0.39, 0.29) is 5.97 Å². The lowest BCUT2D eigenvalue weighted by Gasteiger charge is -2.21. The van der Waals surface area contributed by atoms with Crippen molar-refractivity contribution in [2.45, 2.75) is 19.3 Å². The summed E-state index contributed by atoms with van der Waals surface area (Å²) >= 11 is 0. The summed E-state index contributed by atoms with van der Waals surface area (Å²) in [6.07, 6.45) is 4.07. The average Bonchev–Trinajstić information content (AvgIpc) is 2.98. The molecule has 1 aliphatic heterocycles. The maximum atomic E-state index is 11.5. The van der Waals surface area contributed by atoms with E-state index in [1.54, 1.807) is 12.1 Å². The third-order valence-electron chi connectivity index (χ3n) is 4.52. The SMILES string of the molecule is COC(=O)c1ccc(N2CC3CCCC3C2)c(N)c1. The molecular formula is C15H20N2O2. The summed E-state index contributed by atoms with van der Waals surface area (Å²) in [5.41, 5.74) is 8.34. The van der Waals surface area contributed by atoms with E-state index in [1.807, 2.05) is 6.07 Å². The van der Waals surface area contributed by atoms with Gasteiger partial charge >= 0.3 is 5.97 Å². The second-order valence-electron chi connectivity index (χ2n) is 5.62. The molecule has 1 aromatic carbocycles. The van der Waals surface area contributed by atoms with E-state index in [0.717, 1.165) is 30.6 Å². The predicted molar refractivity (Wildman–Crippen MR) is 75.2 cm³/mol. The van der Waals surface area contributed by atoms with Crippen molar-refractivity contribution in [3.63, 3.8) is 0 Å². The van der Waals surface area contributed by atoms with Crippen molar-refractivity contribution in [3.8, 4) is 0 Å². The van der Waals surface area contributed by atoms with Crippen LogP contribution in [0.1, 0.15) is 29.6 Å². The zero-order chi connectivity index (χ0) is 13.4. The van der Waals surface area contributed by atoms with E-state index >= 15 is 0 Å². The summed E-state index contributed by atoms with van der Waals surface area (Å²) in [7, 11) is 1.38. The number of rotatable bonds is 2. The first kappa shape index (κ1) is 12.3. The number of carbonyl (C=O) groups is 1. The van der Waals surface area contributed by atoms with Crippen molar-refractivity contribution in [2.75, 3.05) is 30.8 Å². The van der Waals surface area contributed by atoms with Gasteiger partial charge in [-0.25, -0.2) is 4.79 Å². The summed E-state index contributed by atoms with van der Waals surface area (Å²) < 4.78 is 4.71. The zero-order valence-electron chi connectivity index (χ0n) is 11.3. The van der Waals surface area contributed by atoms with E-state index in [9.17, 15) is 4.79 Å². The van der Waals surface area contributed by atoms with Crippen LogP contribution in [0.15, 0.2) is 18.2 Å². The van der Waals surface area contributed by atoms with Crippen LogP contribution in [0.4, 0.5) is 11.4 Å². The summed E-state index contributed by atoms with van der Waals surface area (Å²) in [6.45, 7) is 2.21. The summed E-state index contributed by atoms with van der Waals surface area (Å²) in [4.78, 5) is 13.8. The average molecular weight is 260 g/mol. The Morgan fingerprint density at radius 1 is 1.32 bits per heavy atom. The molecule has 4 nitrogen and oxygen atoms in total. The number of carbonyl (C=O) groups excluding carboxylic acids is 1. The van der Waals surface area contributed by atoms with Gasteiger partial charge < -0.3 is 15.4 Å². The highest BCUT2D eigenvalue weighted by molar-refractivity contribution is 5.92. The van der Waals surface area contributed by atoms with Crippen LogP contribution in [0.5, 0.6) is 0 Å². The highest BCUT2D eigenvalue weighted by Gasteiger charge is 2.36. The maximum Gasteiger partial charge on any atom is 0.337 e. The molecule has 2 unspecified atom stereocenters. The predicted octanol–water partition coefficient (Wildman–Crippen LogP) is 2.29. The first-order chi connectivity index (χ1) is 9.19. The van der Waals surface area contributed by atoms with Gasteiger partial charge in [0.05, 0.1) is 24.0 Å². The Kier molecular flexibility index (Phi) is 3.09. The van der Waals surface area contributed by atoms with Gasteiger partial charge in [0.1, 0.15) is 0 Å². The monoisotopic (exact) mass is 260 g/mol. The molecule has 0 radical (unpaired) electrons. The standard InChI is InChI=1S/C15H20N2O2/c1-19-15(18)10-5-6-14(13(16)7-10)17-8-11-3-2-4-12(11)9-17/h5-7,11-12H,2-4,8-9,16H2,1H3. The van der Waals surface area contributed by atoms with Gasteiger partial charge in [0.15, 0.2) is 0 Å². The number of esters is 1. The molecule has 0 amide bonds. The Morgan fingerprint density at radius 3 is 2.58 bits per heavy atom. The molecule has 1 saturated heterocycles. The molecule has 2 N–H and O–H groups in total. The second kappa shape index (κ2) is 4.76.